The van der Waals surface area contributed by atoms with E-state index in [0.29, 0.717) is 6.42 Å². The van der Waals surface area contributed by atoms with E-state index in [4.69, 9.17) is 4.74 Å². The summed E-state index contributed by atoms with van der Waals surface area (Å²) < 4.78 is 43.8. The Morgan fingerprint density at radius 3 is 2.39 bits per heavy atom. The molecule has 146 valence electrons. The van der Waals surface area contributed by atoms with Gasteiger partial charge in [0.15, 0.2) is 0 Å². The zero-order chi connectivity index (χ0) is 19.7. The lowest BCUT2D eigenvalue weighted by Crippen LogP contribution is -2.43. The molecule has 28 heavy (non-hydrogen) atoms. The van der Waals surface area contributed by atoms with Gasteiger partial charge in [0.05, 0.1) is 11.6 Å². The fourth-order valence-corrected chi connectivity index (χ4v) is 4.00. The van der Waals surface area contributed by atoms with Gasteiger partial charge in [-0.3, -0.25) is 4.90 Å². The van der Waals surface area contributed by atoms with Crippen LogP contribution in [0.2, 0.25) is 0 Å². The maximum absolute atomic E-state index is 12.8. The molecule has 0 aromatic heterocycles. The number of halogens is 3. The minimum Gasteiger partial charge on any atom is -0.445 e. The standard InChI is InChI=1S/C22H20F3NO2/c23-22(24,25)18-8-6-16(7-9-18)17-12-19-10-11-20(13-17)26(19)21(27)28-14-15-4-2-1-3-5-15/h1-9,12,19-20H,10-11,13-14H2. The van der Waals surface area contributed by atoms with Gasteiger partial charge in [-0.1, -0.05) is 48.5 Å². The molecule has 2 aromatic carbocycles. The van der Waals surface area contributed by atoms with E-state index >= 15 is 0 Å². The molecule has 0 N–H and O–H groups in total. The third kappa shape index (κ3) is 3.77. The first kappa shape index (κ1) is 18.6. The molecule has 2 atom stereocenters. The van der Waals surface area contributed by atoms with Crippen LogP contribution in [0.5, 0.6) is 0 Å². The maximum Gasteiger partial charge on any atom is 0.416 e. The minimum atomic E-state index is -4.34. The first-order valence-corrected chi connectivity index (χ1v) is 9.29. The molecule has 2 heterocycles. The van der Waals surface area contributed by atoms with Gasteiger partial charge in [0.25, 0.3) is 0 Å². The summed E-state index contributed by atoms with van der Waals surface area (Å²) in [4.78, 5) is 14.4. The normalized spacial score (nSPS) is 21.4. The molecule has 2 aliphatic rings. The molecule has 1 fully saturated rings. The SMILES string of the molecule is O=C(OCc1ccccc1)N1C2C=C(c3ccc(C(F)(F)F)cc3)CC1CC2. The summed E-state index contributed by atoms with van der Waals surface area (Å²) in [7, 11) is 0. The van der Waals surface area contributed by atoms with Crippen LogP contribution in [0.3, 0.4) is 0 Å². The molecule has 6 heteroatoms. The number of carbonyl (C=O) groups excluding carboxylic acids is 1. The van der Waals surface area contributed by atoms with Crippen LogP contribution in [0.15, 0.2) is 60.7 Å². The van der Waals surface area contributed by atoms with E-state index in [9.17, 15) is 18.0 Å². The molecule has 2 bridgehead atoms. The minimum absolute atomic E-state index is 0.0237. The zero-order valence-electron chi connectivity index (χ0n) is 15.2. The maximum atomic E-state index is 12.8. The summed E-state index contributed by atoms with van der Waals surface area (Å²) in [6.07, 6.45) is -0.337. The van der Waals surface area contributed by atoms with Crippen LogP contribution in [-0.2, 0) is 17.5 Å². The molecule has 1 saturated heterocycles. The van der Waals surface area contributed by atoms with E-state index in [1.54, 1.807) is 4.90 Å². The Morgan fingerprint density at radius 1 is 1.04 bits per heavy atom. The number of benzene rings is 2. The van der Waals surface area contributed by atoms with Crippen LogP contribution < -0.4 is 0 Å². The van der Waals surface area contributed by atoms with Crippen molar-refractivity contribution in [2.24, 2.45) is 0 Å². The molecule has 3 nitrogen and oxygen atoms in total. The highest BCUT2D eigenvalue weighted by Crippen LogP contribution is 2.39. The van der Waals surface area contributed by atoms with Crippen molar-refractivity contribution in [3.63, 3.8) is 0 Å². The highest BCUT2D eigenvalue weighted by atomic mass is 19.4. The number of amides is 1. The van der Waals surface area contributed by atoms with Gasteiger partial charge in [-0.15, -0.1) is 0 Å². The number of rotatable bonds is 3. The quantitative estimate of drug-likeness (QED) is 0.680. The summed E-state index contributed by atoms with van der Waals surface area (Å²) >= 11 is 0. The molecule has 0 saturated carbocycles. The first-order chi connectivity index (χ1) is 13.4. The molecular weight excluding hydrogens is 367 g/mol. The van der Waals surface area contributed by atoms with E-state index in [1.165, 1.54) is 12.1 Å². The van der Waals surface area contributed by atoms with E-state index in [0.717, 1.165) is 41.7 Å². The topological polar surface area (TPSA) is 29.5 Å². The summed E-state index contributed by atoms with van der Waals surface area (Å²) in [5.41, 5.74) is 2.05. The van der Waals surface area contributed by atoms with Gasteiger partial charge in [-0.05, 0) is 48.1 Å². The number of fused-ring (bicyclic) bond motifs is 2. The van der Waals surface area contributed by atoms with Crippen molar-refractivity contribution in [3.8, 4) is 0 Å². The average Bonchev–Trinajstić information content (AvgIpc) is 2.96. The summed E-state index contributed by atoms with van der Waals surface area (Å²) in [6, 6.07) is 14.7. The molecule has 0 aliphatic carbocycles. The van der Waals surface area contributed by atoms with Gasteiger partial charge in [0, 0.05) is 6.04 Å². The van der Waals surface area contributed by atoms with Crippen molar-refractivity contribution in [3.05, 3.63) is 77.4 Å². The van der Waals surface area contributed by atoms with Crippen molar-refractivity contribution in [2.45, 2.75) is 44.1 Å². The Kier molecular flexibility index (Phi) is 4.87. The Balaban J connectivity index is 1.45. The lowest BCUT2D eigenvalue weighted by atomic mass is 9.94. The van der Waals surface area contributed by atoms with Gasteiger partial charge >= 0.3 is 12.3 Å². The number of carbonyl (C=O) groups is 1. The molecule has 2 aliphatic heterocycles. The number of ether oxygens (including phenoxy) is 1. The zero-order valence-corrected chi connectivity index (χ0v) is 15.2. The van der Waals surface area contributed by atoms with Gasteiger partial charge in [0.2, 0.25) is 0 Å². The van der Waals surface area contributed by atoms with Crippen molar-refractivity contribution >= 4 is 11.7 Å². The van der Waals surface area contributed by atoms with E-state index in [2.05, 4.69) is 0 Å². The number of hydrogen-bond donors (Lipinski definition) is 0. The smallest absolute Gasteiger partial charge is 0.416 e. The third-order valence-corrected chi connectivity index (χ3v) is 5.39. The van der Waals surface area contributed by atoms with Crippen LogP contribution in [0.25, 0.3) is 5.57 Å². The summed E-state index contributed by atoms with van der Waals surface area (Å²) in [5.74, 6) is 0. The Morgan fingerprint density at radius 2 is 1.75 bits per heavy atom. The number of alkyl halides is 3. The van der Waals surface area contributed by atoms with Crippen LogP contribution in [-0.4, -0.2) is 23.1 Å². The second-order valence-corrected chi connectivity index (χ2v) is 7.22. The number of nitrogens with zero attached hydrogens (tertiary/aromatic N) is 1. The molecule has 1 amide bonds. The van der Waals surface area contributed by atoms with Crippen LogP contribution >= 0.6 is 0 Å². The van der Waals surface area contributed by atoms with Crippen molar-refractivity contribution in [1.82, 2.24) is 4.90 Å². The van der Waals surface area contributed by atoms with Crippen LogP contribution in [0.1, 0.15) is 36.0 Å². The van der Waals surface area contributed by atoms with E-state index in [1.807, 2.05) is 36.4 Å². The molecule has 2 unspecified atom stereocenters. The fraction of sp³-hybridized carbons (Fsp3) is 0.318. The van der Waals surface area contributed by atoms with Crippen LogP contribution in [0.4, 0.5) is 18.0 Å². The van der Waals surface area contributed by atoms with E-state index in [-0.39, 0.29) is 24.8 Å². The van der Waals surface area contributed by atoms with Gasteiger partial charge in [-0.2, -0.15) is 13.2 Å². The average molecular weight is 387 g/mol. The molecular formula is C22H20F3NO2. The molecule has 2 aromatic rings. The molecule has 0 radical (unpaired) electrons. The highest BCUT2D eigenvalue weighted by molar-refractivity contribution is 5.75. The van der Waals surface area contributed by atoms with E-state index < -0.39 is 11.7 Å². The second kappa shape index (κ2) is 7.34. The molecule has 0 spiro atoms. The van der Waals surface area contributed by atoms with Crippen LogP contribution in [0, 0.1) is 0 Å². The van der Waals surface area contributed by atoms with Gasteiger partial charge in [0.1, 0.15) is 6.61 Å². The lowest BCUT2D eigenvalue weighted by Gasteiger charge is -2.33. The molecule has 4 rings (SSSR count). The van der Waals surface area contributed by atoms with Crippen molar-refractivity contribution in [2.75, 3.05) is 0 Å². The Bertz CT molecular complexity index is 875. The fourth-order valence-electron chi connectivity index (χ4n) is 4.00. The second-order valence-electron chi connectivity index (χ2n) is 7.22. The predicted octanol–water partition coefficient (Wildman–Crippen LogP) is 5.66. The Labute approximate surface area is 161 Å². The third-order valence-electron chi connectivity index (χ3n) is 5.39. The summed E-state index contributed by atoms with van der Waals surface area (Å²) in [6.45, 7) is 0.227. The van der Waals surface area contributed by atoms with Crippen molar-refractivity contribution < 1.29 is 22.7 Å². The van der Waals surface area contributed by atoms with Crippen molar-refractivity contribution in [1.29, 1.82) is 0 Å². The van der Waals surface area contributed by atoms with Gasteiger partial charge in [-0.25, -0.2) is 4.79 Å². The highest BCUT2D eigenvalue weighted by Gasteiger charge is 2.40. The largest absolute Gasteiger partial charge is 0.445 e. The lowest BCUT2D eigenvalue weighted by molar-refractivity contribution is -0.137. The van der Waals surface area contributed by atoms with Gasteiger partial charge < -0.3 is 4.74 Å². The Hall–Kier alpha value is -2.76. The first-order valence-electron chi connectivity index (χ1n) is 9.29. The number of hydrogen-bond acceptors (Lipinski definition) is 2. The predicted molar refractivity (Wildman–Crippen MR) is 99.3 cm³/mol. The monoisotopic (exact) mass is 387 g/mol. The summed E-state index contributed by atoms with van der Waals surface area (Å²) in [5, 5.41) is 0.